The van der Waals surface area contributed by atoms with Crippen molar-refractivity contribution in [1.29, 1.82) is 0 Å². The summed E-state index contributed by atoms with van der Waals surface area (Å²) in [6.07, 6.45) is -7.62. The molecular formula is C20H20F5N5. The molecule has 0 aliphatic carbocycles. The van der Waals surface area contributed by atoms with Crippen LogP contribution < -0.4 is 10.6 Å². The van der Waals surface area contributed by atoms with Gasteiger partial charge in [-0.15, -0.1) is 0 Å². The van der Waals surface area contributed by atoms with E-state index in [0.717, 1.165) is 29.2 Å². The maximum Gasteiger partial charge on any atom is 0.435 e. The van der Waals surface area contributed by atoms with Gasteiger partial charge in [0.15, 0.2) is 11.3 Å². The van der Waals surface area contributed by atoms with Crippen LogP contribution >= 0.6 is 0 Å². The molecule has 0 amide bonds. The van der Waals surface area contributed by atoms with Crippen molar-refractivity contribution in [3.63, 3.8) is 0 Å². The summed E-state index contributed by atoms with van der Waals surface area (Å²) in [5.41, 5.74) is -1.38. The van der Waals surface area contributed by atoms with Crippen molar-refractivity contribution in [3.8, 4) is 0 Å². The highest BCUT2D eigenvalue weighted by Gasteiger charge is 2.39. The van der Waals surface area contributed by atoms with Crippen molar-refractivity contribution >= 4 is 11.5 Å². The second-order valence-electron chi connectivity index (χ2n) is 7.66. The topological polar surface area (TPSA) is 54.2 Å². The van der Waals surface area contributed by atoms with E-state index in [9.17, 15) is 22.0 Å². The molecule has 1 saturated heterocycles. The van der Waals surface area contributed by atoms with Crippen molar-refractivity contribution in [2.24, 2.45) is 5.92 Å². The van der Waals surface area contributed by atoms with Crippen LogP contribution in [0.4, 0.5) is 27.8 Å². The lowest BCUT2D eigenvalue weighted by atomic mass is 9.69. The number of halogens is 5. The molecule has 0 saturated carbocycles. The Bertz CT molecular complexity index is 1030. The Morgan fingerprint density at radius 3 is 2.43 bits per heavy atom. The molecule has 0 bridgehead atoms. The molecule has 1 atom stereocenters. The van der Waals surface area contributed by atoms with Crippen LogP contribution in [0, 0.1) is 5.92 Å². The van der Waals surface area contributed by atoms with Gasteiger partial charge in [0, 0.05) is 37.2 Å². The zero-order valence-electron chi connectivity index (χ0n) is 16.0. The normalized spacial score (nSPS) is 17.2. The smallest absolute Gasteiger partial charge is 0.369 e. The average Bonchev–Trinajstić information content (AvgIpc) is 3.10. The fourth-order valence-electron chi connectivity index (χ4n) is 3.68. The van der Waals surface area contributed by atoms with Crippen LogP contribution in [0.3, 0.4) is 0 Å². The van der Waals surface area contributed by atoms with Gasteiger partial charge in [0.2, 0.25) is 0 Å². The number of nitrogens with zero attached hydrogens (tertiary/aromatic N) is 3. The number of rotatable bonds is 6. The molecule has 2 aromatic heterocycles. The molecule has 1 aromatic carbocycles. The van der Waals surface area contributed by atoms with E-state index in [-0.39, 0.29) is 22.8 Å². The number of nitrogens with one attached hydrogen (secondary N) is 2. The summed E-state index contributed by atoms with van der Waals surface area (Å²) in [5.74, 6) is 0.322. The quantitative estimate of drug-likeness (QED) is 0.579. The van der Waals surface area contributed by atoms with Gasteiger partial charge in [-0.05, 0) is 11.5 Å². The summed E-state index contributed by atoms with van der Waals surface area (Å²) in [6.45, 7) is 3.96. The summed E-state index contributed by atoms with van der Waals surface area (Å²) < 4.78 is 66.8. The van der Waals surface area contributed by atoms with Gasteiger partial charge in [0.25, 0.3) is 6.43 Å². The second kappa shape index (κ2) is 7.50. The van der Waals surface area contributed by atoms with E-state index >= 15 is 0 Å². The number of benzene rings is 1. The van der Waals surface area contributed by atoms with E-state index in [1.807, 2.05) is 30.3 Å². The summed E-state index contributed by atoms with van der Waals surface area (Å²) in [6, 6.07) is 11.4. The minimum absolute atomic E-state index is 0.0419. The molecule has 10 heteroatoms. The molecule has 2 N–H and O–H groups in total. The molecular weight excluding hydrogens is 405 g/mol. The zero-order valence-corrected chi connectivity index (χ0v) is 16.0. The van der Waals surface area contributed by atoms with Crippen LogP contribution in [0.1, 0.15) is 30.3 Å². The standard InChI is InChI=1S/C20H20F5N5/c1-19(13-9-26-10-13,12-5-3-2-4-6-12)11-27-16-7-14(18(21)22)28-17-8-15(20(23,24)25)29-30(16)17/h2-8,13,18,26-27H,9-11H2,1H3. The molecule has 5 nitrogen and oxygen atoms in total. The second-order valence-corrected chi connectivity index (χ2v) is 7.66. The van der Waals surface area contributed by atoms with Crippen LogP contribution in [0.2, 0.25) is 0 Å². The highest BCUT2D eigenvalue weighted by molar-refractivity contribution is 5.51. The molecule has 1 fully saturated rings. The lowest BCUT2D eigenvalue weighted by molar-refractivity contribution is -0.141. The lowest BCUT2D eigenvalue weighted by Gasteiger charge is -2.44. The Labute approximate surface area is 169 Å². The van der Waals surface area contributed by atoms with Crippen LogP contribution in [0.15, 0.2) is 42.5 Å². The predicted octanol–water partition coefficient (Wildman–Crippen LogP) is 4.27. The van der Waals surface area contributed by atoms with Crippen LogP contribution in [-0.2, 0) is 11.6 Å². The Hall–Kier alpha value is -2.75. The van der Waals surface area contributed by atoms with Gasteiger partial charge >= 0.3 is 6.18 Å². The Kier molecular flexibility index (Phi) is 5.13. The SMILES string of the molecule is CC(CNc1cc(C(F)F)nc2cc(C(F)(F)F)nn12)(c1ccccc1)C1CNC1. The summed E-state index contributed by atoms with van der Waals surface area (Å²) in [4.78, 5) is 3.64. The molecule has 160 valence electrons. The Balaban J connectivity index is 1.72. The minimum atomic E-state index is -4.70. The summed E-state index contributed by atoms with van der Waals surface area (Å²) in [7, 11) is 0. The van der Waals surface area contributed by atoms with E-state index in [4.69, 9.17) is 0 Å². The summed E-state index contributed by atoms with van der Waals surface area (Å²) >= 11 is 0. The van der Waals surface area contributed by atoms with Crippen molar-refractivity contribution in [2.45, 2.75) is 24.9 Å². The largest absolute Gasteiger partial charge is 0.435 e. The number of hydrogen-bond acceptors (Lipinski definition) is 4. The highest BCUT2D eigenvalue weighted by Crippen LogP contribution is 2.36. The third-order valence-electron chi connectivity index (χ3n) is 5.71. The zero-order chi connectivity index (χ0) is 21.5. The van der Waals surface area contributed by atoms with Gasteiger partial charge < -0.3 is 10.6 Å². The van der Waals surface area contributed by atoms with Gasteiger partial charge in [-0.1, -0.05) is 37.3 Å². The number of fused-ring (bicyclic) bond motifs is 1. The van der Waals surface area contributed by atoms with Crippen LogP contribution in [-0.4, -0.2) is 34.2 Å². The third kappa shape index (κ3) is 3.71. The molecule has 3 heterocycles. The first-order chi connectivity index (χ1) is 14.2. The first kappa shape index (κ1) is 20.5. The fourth-order valence-corrected chi connectivity index (χ4v) is 3.68. The minimum Gasteiger partial charge on any atom is -0.369 e. The molecule has 0 radical (unpaired) electrons. The highest BCUT2D eigenvalue weighted by atomic mass is 19.4. The van der Waals surface area contributed by atoms with Gasteiger partial charge in [-0.25, -0.2) is 13.8 Å². The van der Waals surface area contributed by atoms with E-state index < -0.39 is 24.0 Å². The van der Waals surface area contributed by atoms with E-state index in [2.05, 4.69) is 27.6 Å². The molecule has 1 aliphatic rings. The number of anilines is 1. The molecule has 1 aliphatic heterocycles. The molecule has 4 rings (SSSR count). The number of hydrogen-bond donors (Lipinski definition) is 2. The van der Waals surface area contributed by atoms with E-state index in [0.29, 0.717) is 12.6 Å². The van der Waals surface area contributed by atoms with Crippen LogP contribution in [0.25, 0.3) is 5.65 Å². The monoisotopic (exact) mass is 425 g/mol. The van der Waals surface area contributed by atoms with Gasteiger partial charge in [0.05, 0.1) is 0 Å². The lowest BCUT2D eigenvalue weighted by Crippen LogP contribution is -2.55. The first-order valence-electron chi connectivity index (χ1n) is 9.44. The maximum atomic E-state index is 13.3. The average molecular weight is 425 g/mol. The maximum absolute atomic E-state index is 13.3. The first-order valence-corrected chi connectivity index (χ1v) is 9.44. The summed E-state index contributed by atoms with van der Waals surface area (Å²) in [5, 5.41) is 9.84. The van der Waals surface area contributed by atoms with Crippen molar-refractivity contribution in [1.82, 2.24) is 19.9 Å². The Morgan fingerprint density at radius 2 is 1.87 bits per heavy atom. The predicted molar refractivity (Wildman–Crippen MR) is 102 cm³/mol. The fraction of sp³-hybridized carbons (Fsp3) is 0.400. The molecule has 1 unspecified atom stereocenters. The van der Waals surface area contributed by atoms with Crippen molar-refractivity contribution in [2.75, 3.05) is 25.0 Å². The molecule has 0 spiro atoms. The third-order valence-corrected chi connectivity index (χ3v) is 5.71. The number of aromatic nitrogens is 3. The van der Waals surface area contributed by atoms with Crippen molar-refractivity contribution in [3.05, 3.63) is 59.4 Å². The van der Waals surface area contributed by atoms with E-state index in [1.54, 1.807) is 0 Å². The van der Waals surface area contributed by atoms with Gasteiger partial charge in [-0.3, -0.25) is 0 Å². The Morgan fingerprint density at radius 1 is 1.17 bits per heavy atom. The molecule has 30 heavy (non-hydrogen) atoms. The molecule has 3 aromatic rings. The van der Waals surface area contributed by atoms with Gasteiger partial charge in [0.1, 0.15) is 11.5 Å². The van der Waals surface area contributed by atoms with Gasteiger partial charge in [-0.2, -0.15) is 22.8 Å². The number of alkyl halides is 5. The van der Waals surface area contributed by atoms with Crippen molar-refractivity contribution < 1.29 is 22.0 Å². The van der Waals surface area contributed by atoms with E-state index in [1.165, 1.54) is 0 Å². The van der Waals surface area contributed by atoms with Crippen LogP contribution in [0.5, 0.6) is 0 Å².